The largest absolute Gasteiger partial charge is 0.369 e. The van der Waals surface area contributed by atoms with E-state index >= 15 is 0 Å². The van der Waals surface area contributed by atoms with Crippen LogP contribution < -0.4 is 10.6 Å². The number of aryl methyl sites for hydroxylation is 1. The molecule has 0 saturated heterocycles. The topological polar surface area (TPSA) is 64.9 Å². The van der Waals surface area contributed by atoms with Gasteiger partial charge >= 0.3 is 0 Å². The van der Waals surface area contributed by atoms with E-state index in [1.165, 1.54) is 0 Å². The standard InChI is InChI=1S/C14H19N3O/c1-3-8-16-14(18)9-13(10-15)17-12-6-4-11(2)5-7-12/h4-7,13,17H,3,8-9H2,1-2H3,(H,16,18). The van der Waals surface area contributed by atoms with Crippen LogP contribution >= 0.6 is 0 Å². The predicted octanol–water partition coefficient (Wildman–Crippen LogP) is 2.22. The summed E-state index contributed by atoms with van der Waals surface area (Å²) < 4.78 is 0. The molecule has 96 valence electrons. The first-order chi connectivity index (χ1) is 8.65. The third-order valence-electron chi connectivity index (χ3n) is 2.51. The van der Waals surface area contributed by atoms with Gasteiger partial charge in [-0.2, -0.15) is 5.26 Å². The molecule has 18 heavy (non-hydrogen) atoms. The quantitative estimate of drug-likeness (QED) is 0.807. The second-order valence-electron chi connectivity index (χ2n) is 4.25. The summed E-state index contributed by atoms with van der Waals surface area (Å²) in [5.74, 6) is -0.0944. The number of hydrogen-bond donors (Lipinski definition) is 2. The molecule has 0 radical (unpaired) electrons. The molecule has 0 aliphatic heterocycles. The molecule has 0 fully saturated rings. The van der Waals surface area contributed by atoms with E-state index in [2.05, 4.69) is 16.7 Å². The summed E-state index contributed by atoms with van der Waals surface area (Å²) in [5.41, 5.74) is 2.02. The molecule has 0 saturated carbocycles. The Bertz CT molecular complexity index is 420. The minimum atomic E-state index is -0.496. The van der Waals surface area contributed by atoms with Gasteiger partial charge in [-0.25, -0.2) is 0 Å². The highest BCUT2D eigenvalue weighted by atomic mass is 16.1. The van der Waals surface area contributed by atoms with Gasteiger partial charge in [-0.1, -0.05) is 24.6 Å². The summed E-state index contributed by atoms with van der Waals surface area (Å²) in [6, 6.07) is 9.35. The average Bonchev–Trinajstić information content (AvgIpc) is 2.38. The molecule has 4 heteroatoms. The number of benzene rings is 1. The Morgan fingerprint density at radius 2 is 2.06 bits per heavy atom. The molecule has 1 atom stereocenters. The first kappa shape index (κ1) is 14.0. The third kappa shape index (κ3) is 4.88. The molecule has 1 rings (SSSR count). The first-order valence-corrected chi connectivity index (χ1v) is 6.15. The summed E-state index contributed by atoms with van der Waals surface area (Å²) >= 11 is 0. The number of rotatable bonds is 6. The van der Waals surface area contributed by atoms with Gasteiger partial charge in [0.15, 0.2) is 0 Å². The van der Waals surface area contributed by atoms with Gasteiger partial charge in [-0.3, -0.25) is 4.79 Å². The fraction of sp³-hybridized carbons (Fsp3) is 0.429. The van der Waals surface area contributed by atoms with Crippen LogP contribution in [0.3, 0.4) is 0 Å². The molecule has 4 nitrogen and oxygen atoms in total. The van der Waals surface area contributed by atoms with Gasteiger partial charge in [0.05, 0.1) is 12.5 Å². The summed E-state index contributed by atoms with van der Waals surface area (Å²) in [6.45, 7) is 4.65. The maximum absolute atomic E-state index is 11.5. The van der Waals surface area contributed by atoms with E-state index in [0.717, 1.165) is 17.7 Å². The van der Waals surface area contributed by atoms with Crippen molar-refractivity contribution < 1.29 is 4.79 Å². The molecule has 1 aromatic carbocycles. The fourth-order valence-electron chi connectivity index (χ4n) is 1.50. The molecule has 0 aromatic heterocycles. The average molecular weight is 245 g/mol. The van der Waals surface area contributed by atoms with Gasteiger partial charge in [-0.05, 0) is 25.5 Å². The highest BCUT2D eigenvalue weighted by Crippen LogP contribution is 2.11. The second-order valence-corrected chi connectivity index (χ2v) is 4.25. The van der Waals surface area contributed by atoms with Crippen LogP contribution in [-0.4, -0.2) is 18.5 Å². The Morgan fingerprint density at radius 1 is 1.39 bits per heavy atom. The van der Waals surface area contributed by atoms with Gasteiger partial charge in [0.2, 0.25) is 5.91 Å². The molecule has 0 aliphatic carbocycles. The van der Waals surface area contributed by atoms with Gasteiger partial charge in [0.1, 0.15) is 6.04 Å². The van der Waals surface area contributed by atoms with Crippen molar-refractivity contribution in [2.75, 3.05) is 11.9 Å². The van der Waals surface area contributed by atoms with Gasteiger partial charge < -0.3 is 10.6 Å². The Hall–Kier alpha value is -2.02. The maximum atomic E-state index is 11.5. The van der Waals surface area contributed by atoms with Crippen LogP contribution in [-0.2, 0) is 4.79 Å². The molecular formula is C14H19N3O. The summed E-state index contributed by atoms with van der Waals surface area (Å²) in [7, 11) is 0. The molecule has 1 aromatic rings. The van der Waals surface area contributed by atoms with Crippen LogP contribution in [0.1, 0.15) is 25.3 Å². The van der Waals surface area contributed by atoms with E-state index in [9.17, 15) is 4.79 Å². The van der Waals surface area contributed by atoms with Crippen molar-refractivity contribution in [1.82, 2.24) is 5.32 Å². The number of nitriles is 1. The van der Waals surface area contributed by atoms with Crippen LogP contribution in [0.5, 0.6) is 0 Å². The minimum Gasteiger partial charge on any atom is -0.369 e. The number of nitrogens with zero attached hydrogens (tertiary/aromatic N) is 1. The van der Waals surface area contributed by atoms with E-state index in [0.29, 0.717) is 6.54 Å². The Labute approximate surface area is 108 Å². The third-order valence-corrected chi connectivity index (χ3v) is 2.51. The number of carbonyl (C=O) groups is 1. The monoisotopic (exact) mass is 245 g/mol. The van der Waals surface area contributed by atoms with Gasteiger partial charge in [0.25, 0.3) is 0 Å². The highest BCUT2D eigenvalue weighted by molar-refractivity contribution is 5.77. The van der Waals surface area contributed by atoms with Crippen LogP contribution in [0, 0.1) is 18.3 Å². The van der Waals surface area contributed by atoms with E-state index in [1.54, 1.807) is 0 Å². The number of anilines is 1. The van der Waals surface area contributed by atoms with Crippen molar-refractivity contribution in [2.45, 2.75) is 32.7 Å². The molecule has 1 amide bonds. The normalized spacial score (nSPS) is 11.4. The lowest BCUT2D eigenvalue weighted by atomic mass is 10.2. The molecule has 0 bridgehead atoms. The van der Waals surface area contributed by atoms with Crippen LogP contribution in [0.25, 0.3) is 0 Å². The smallest absolute Gasteiger partial charge is 0.223 e. The van der Waals surface area contributed by atoms with Gasteiger partial charge in [0, 0.05) is 12.2 Å². The molecule has 1 unspecified atom stereocenters. The van der Waals surface area contributed by atoms with Crippen molar-refractivity contribution in [3.05, 3.63) is 29.8 Å². The van der Waals surface area contributed by atoms with Crippen molar-refractivity contribution in [1.29, 1.82) is 5.26 Å². The zero-order valence-electron chi connectivity index (χ0n) is 10.9. The lowest BCUT2D eigenvalue weighted by molar-refractivity contribution is -0.121. The predicted molar refractivity (Wildman–Crippen MR) is 72.1 cm³/mol. The zero-order valence-corrected chi connectivity index (χ0v) is 10.9. The summed E-state index contributed by atoms with van der Waals surface area (Å²) in [4.78, 5) is 11.5. The van der Waals surface area contributed by atoms with Crippen molar-refractivity contribution in [2.24, 2.45) is 0 Å². The molecule has 2 N–H and O–H groups in total. The van der Waals surface area contributed by atoms with E-state index < -0.39 is 6.04 Å². The van der Waals surface area contributed by atoms with E-state index in [-0.39, 0.29) is 12.3 Å². The lowest BCUT2D eigenvalue weighted by Crippen LogP contribution is -2.30. The Balaban J connectivity index is 2.49. The maximum Gasteiger partial charge on any atom is 0.223 e. The molecule has 0 spiro atoms. The number of nitrogens with one attached hydrogen (secondary N) is 2. The second kappa shape index (κ2) is 7.33. The summed E-state index contributed by atoms with van der Waals surface area (Å²) in [5, 5.41) is 14.8. The number of carbonyl (C=O) groups excluding carboxylic acids is 1. The van der Waals surface area contributed by atoms with Crippen LogP contribution in [0.15, 0.2) is 24.3 Å². The molecule has 0 aliphatic rings. The number of hydrogen-bond acceptors (Lipinski definition) is 3. The van der Waals surface area contributed by atoms with Crippen molar-refractivity contribution >= 4 is 11.6 Å². The Morgan fingerprint density at radius 3 is 2.61 bits per heavy atom. The van der Waals surface area contributed by atoms with Crippen LogP contribution in [0.4, 0.5) is 5.69 Å². The molecular weight excluding hydrogens is 226 g/mol. The van der Waals surface area contributed by atoms with E-state index in [4.69, 9.17) is 5.26 Å². The highest BCUT2D eigenvalue weighted by Gasteiger charge is 2.12. The SMILES string of the molecule is CCCNC(=O)CC(C#N)Nc1ccc(C)cc1. The van der Waals surface area contributed by atoms with E-state index in [1.807, 2.05) is 38.1 Å². The zero-order chi connectivity index (χ0) is 13.4. The van der Waals surface area contributed by atoms with Crippen molar-refractivity contribution in [3.63, 3.8) is 0 Å². The van der Waals surface area contributed by atoms with Crippen LogP contribution in [0.2, 0.25) is 0 Å². The minimum absolute atomic E-state index is 0.0944. The molecule has 0 heterocycles. The Kier molecular flexibility index (Phi) is 5.72. The van der Waals surface area contributed by atoms with Gasteiger partial charge in [-0.15, -0.1) is 0 Å². The van der Waals surface area contributed by atoms with Crippen molar-refractivity contribution in [3.8, 4) is 6.07 Å². The summed E-state index contributed by atoms with van der Waals surface area (Å²) in [6.07, 6.45) is 1.07. The number of amides is 1. The lowest BCUT2D eigenvalue weighted by Gasteiger charge is -2.13. The first-order valence-electron chi connectivity index (χ1n) is 6.15. The fourth-order valence-corrected chi connectivity index (χ4v) is 1.50.